The summed E-state index contributed by atoms with van der Waals surface area (Å²) in [5.74, 6) is -1.04. The van der Waals surface area contributed by atoms with Gasteiger partial charge in [-0.25, -0.2) is 0 Å². The minimum Gasteiger partial charge on any atom is -0.462 e. The maximum atomic E-state index is 12.8. The Morgan fingerprint density at radius 3 is 1.12 bits per heavy atom. The second-order valence-corrected chi connectivity index (χ2v) is 15.2. The van der Waals surface area contributed by atoms with Crippen LogP contribution in [-0.4, -0.2) is 37.2 Å². The Morgan fingerprint density at radius 1 is 0.350 bits per heavy atom. The topological polar surface area (TPSA) is 78.9 Å². The zero-order valence-electron chi connectivity index (χ0n) is 38.4. The smallest absolute Gasteiger partial charge is 0.306 e. The highest BCUT2D eigenvalue weighted by molar-refractivity contribution is 5.71. The molecular formula is C54H86O6. The van der Waals surface area contributed by atoms with Gasteiger partial charge in [-0.15, -0.1) is 0 Å². The van der Waals surface area contributed by atoms with Crippen LogP contribution in [-0.2, 0) is 28.6 Å². The molecular weight excluding hydrogens is 745 g/mol. The van der Waals surface area contributed by atoms with E-state index in [2.05, 4.69) is 118 Å². The van der Waals surface area contributed by atoms with Crippen molar-refractivity contribution in [3.05, 3.63) is 109 Å². The molecule has 0 fully saturated rings. The molecule has 0 saturated carbocycles. The first-order chi connectivity index (χ1) is 29.5. The van der Waals surface area contributed by atoms with Gasteiger partial charge in [0.2, 0.25) is 0 Å². The van der Waals surface area contributed by atoms with Crippen LogP contribution in [0.15, 0.2) is 109 Å². The number of hydrogen-bond acceptors (Lipinski definition) is 6. The quantitative estimate of drug-likeness (QED) is 0.0264. The molecule has 0 aliphatic rings. The van der Waals surface area contributed by atoms with Crippen molar-refractivity contribution >= 4 is 17.9 Å². The maximum Gasteiger partial charge on any atom is 0.306 e. The van der Waals surface area contributed by atoms with Crippen molar-refractivity contribution in [2.45, 2.75) is 200 Å². The summed E-state index contributed by atoms with van der Waals surface area (Å²) < 4.78 is 16.6. The van der Waals surface area contributed by atoms with Crippen LogP contribution in [0.25, 0.3) is 0 Å². The van der Waals surface area contributed by atoms with Crippen LogP contribution in [0.2, 0.25) is 0 Å². The van der Waals surface area contributed by atoms with Crippen LogP contribution in [0.3, 0.4) is 0 Å². The highest BCUT2D eigenvalue weighted by Gasteiger charge is 2.19. The molecule has 0 aromatic carbocycles. The third-order valence-corrected chi connectivity index (χ3v) is 9.51. The van der Waals surface area contributed by atoms with Crippen LogP contribution in [0.1, 0.15) is 194 Å². The van der Waals surface area contributed by atoms with E-state index in [1.807, 2.05) is 12.2 Å². The van der Waals surface area contributed by atoms with Crippen molar-refractivity contribution in [1.29, 1.82) is 0 Å². The normalized spacial score (nSPS) is 13.1. The summed E-state index contributed by atoms with van der Waals surface area (Å²) in [5.41, 5.74) is 0. The summed E-state index contributed by atoms with van der Waals surface area (Å²) in [6.07, 6.45) is 63.7. The lowest BCUT2D eigenvalue weighted by molar-refractivity contribution is -0.166. The molecule has 6 nitrogen and oxygen atoms in total. The fourth-order valence-electron chi connectivity index (χ4n) is 5.95. The predicted octanol–water partition coefficient (Wildman–Crippen LogP) is 15.6. The third-order valence-electron chi connectivity index (χ3n) is 9.51. The van der Waals surface area contributed by atoms with Gasteiger partial charge in [0.05, 0.1) is 0 Å². The Hall–Kier alpha value is -3.93. The van der Waals surface area contributed by atoms with Gasteiger partial charge in [0.1, 0.15) is 13.2 Å². The van der Waals surface area contributed by atoms with Crippen LogP contribution >= 0.6 is 0 Å². The fourth-order valence-corrected chi connectivity index (χ4v) is 5.95. The fraction of sp³-hybridized carbons (Fsp3) is 0.611. The van der Waals surface area contributed by atoms with Crippen LogP contribution in [0.5, 0.6) is 0 Å². The summed E-state index contributed by atoms with van der Waals surface area (Å²) >= 11 is 0. The first kappa shape index (κ1) is 56.1. The minimum atomic E-state index is -0.822. The van der Waals surface area contributed by atoms with E-state index in [-0.39, 0.29) is 44.0 Å². The number of allylic oxidation sites excluding steroid dienone is 18. The summed E-state index contributed by atoms with van der Waals surface area (Å²) in [6, 6.07) is 0. The summed E-state index contributed by atoms with van der Waals surface area (Å²) in [6.45, 7) is 6.25. The molecule has 338 valence electrons. The lowest BCUT2D eigenvalue weighted by atomic mass is 10.1. The molecule has 0 bridgehead atoms. The van der Waals surface area contributed by atoms with E-state index >= 15 is 0 Å². The van der Waals surface area contributed by atoms with Crippen molar-refractivity contribution in [2.75, 3.05) is 13.2 Å². The second-order valence-electron chi connectivity index (χ2n) is 15.2. The molecule has 6 heteroatoms. The molecule has 0 saturated heterocycles. The van der Waals surface area contributed by atoms with E-state index in [1.165, 1.54) is 19.3 Å². The Morgan fingerprint density at radius 2 is 0.683 bits per heavy atom. The van der Waals surface area contributed by atoms with E-state index in [4.69, 9.17) is 14.2 Å². The molecule has 0 aliphatic heterocycles. The number of esters is 3. The first-order valence-corrected chi connectivity index (χ1v) is 23.9. The molecule has 0 N–H and O–H groups in total. The molecule has 0 rings (SSSR count). The summed E-state index contributed by atoms with van der Waals surface area (Å²) in [5, 5.41) is 0. The van der Waals surface area contributed by atoms with Gasteiger partial charge in [-0.1, -0.05) is 182 Å². The molecule has 60 heavy (non-hydrogen) atoms. The Balaban J connectivity index is 4.55. The van der Waals surface area contributed by atoms with Crippen molar-refractivity contribution < 1.29 is 28.6 Å². The number of ether oxygens (including phenoxy) is 3. The van der Waals surface area contributed by atoms with Gasteiger partial charge >= 0.3 is 17.9 Å². The zero-order valence-corrected chi connectivity index (χ0v) is 38.4. The zero-order chi connectivity index (χ0) is 43.7. The predicted molar refractivity (Wildman–Crippen MR) is 256 cm³/mol. The standard InChI is InChI=1S/C54H86O6/c1-4-7-10-13-16-19-22-25-27-30-32-35-38-41-44-47-53(56)59-50-51(49-58-52(55)46-43-40-37-34-31-28-24-21-18-15-12-9-6-3)60-54(57)48-45-42-39-36-33-29-26-23-20-17-14-11-8-5-2/h7,9-10,12,14,16-19,21,23,25-28,31,37,40,51H,4-6,8,11,13,15,20,22,24,29-30,32-36,38-39,41-50H2,1-3H3/b10-7-,12-9-,17-14-,19-16-,21-18-,26-23-,27-25-,31-28-,40-37-. The van der Waals surface area contributed by atoms with Gasteiger partial charge in [0, 0.05) is 19.3 Å². The number of rotatable bonds is 41. The molecule has 0 aromatic rings. The van der Waals surface area contributed by atoms with Crippen molar-refractivity contribution in [1.82, 2.24) is 0 Å². The van der Waals surface area contributed by atoms with E-state index in [0.29, 0.717) is 12.8 Å². The average molecular weight is 831 g/mol. The number of unbranched alkanes of at least 4 members (excludes halogenated alkanes) is 12. The molecule has 1 unspecified atom stereocenters. The molecule has 0 aliphatic carbocycles. The second kappa shape index (κ2) is 47.7. The van der Waals surface area contributed by atoms with Gasteiger partial charge in [0.15, 0.2) is 6.10 Å². The maximum absolute atomic E-state index is 12.8. The molecule has 0 heterocycles. The lowest BCUT2D eigenvalue weighted by Gasteiger charge is -2.18. The Kier molecular flexibility index (Phi) is 44.6. The Labute approximate surface area is 368 Å². The number of carbonyl (C=O) groups excluding carboxylic acids is 3. The van der Waals surface area contributed by atoms with Gasteiger partial charge < -0.3 is 14.2 Å². The van der Waals surface area contributed by atoms with Crippen LogP contribution in [0.4, 0.5) is 0 Å². The van der Waals surface area contributed by atoms with Crippen molar-refractivity contribution in [3.8, 4) is 0 Å². The third kappa shape index (κ3) is 45.2. The van der Waals surface area contributed by atoms with E-state index < -0.39 is 6.10 Å². The van der Waals surface area contributed by atoms with Crippen molar-refractivity contribution in [2.24, 2.45) is 0 Å². The molecule has 0 amide bonds. The monoisotopic (exact) mass is 831 g/mol. The van der Waals surface area contributed by atoms with E-state index in [9.17, 15) is 14.4 Å². The number of carbonyl (C=O) groups is 3. The highest BCUT2D eigenvalue weighted by atomic mass is 16.6. The first-order valence-electron chi connectivity index (χ1n) is 23.9. The largest absolute Gasteiger partial charge is 0.462 e. The van der Waals surface area contributed by atoms with Gasteiger partial charge in [0.25, 0.3) is 0 Å². The average Bonchev–Trinajstić information content (AvgIpc) is 3.24. The SMILES string of the molecule is CC/C=C\C/C=C\C/C=C\C/C=C\CCC(=O)OCC(COC(=O)CCCCCCC/C=C\C/C=C\C/C=C\CC)OC(=O)CCCCCCC/C=C\C/C=C\CCCC. The summed E-state index contributed by atoms with van der Waals surface area (Å²) in [4.78, 5) is 37.8. The molecule has 0 radical (unpaired) electrons. The number of hydrogen-bond donors (Lipinski definition) is 0. The van der Waals surface area contributed by atoms with E-state index in [1.54, 1.807) is 0 Å². The van der Waals surface area contributed by atoms with Gasteiger partial charge in [-0.2, -0.15) is 0 Å². The van der Waals surface area contributed by atoms with Gasteiger partial charge in [-0.3, -0.25) is 14.4 Å². The molecule has 0 spiro atoms. The molecule has 0 aromatic heterocycles. The summed E-state index contributed by atoms with van der Waals surface area (Å²) in [7, 11) is 0. The Bertz CT molecular complexity index is 1280. The van der Waals surface area contributed by atoms with Crippen molar-refractivity contribution in [3.63, 3.8) is 0 Å². The highest BCUT2D eigenvalue weighted by Crippen LogP contribution is 2.12. The van der Waals surface area contributed by atoms with E-state index in [0.717, 1.165) is 128 Å². The van der Waals surface area contributed by atoms with Gasteiger partial charge in [-0.05, 0) is 103 Å². The molecule has 1 atom stereocenters. The van der Waals surface area contributed by atoms with Crippen LogP contribution in [0, 0.1) is 0 Å². The lowest BCUT2D eigenvalue weighted by Crippen LogP contribution is -2.30. The minimum absolute atomic E-state index is 0.117. The van der Waals surface area contributed by atoms with Crippen LogP contribution < -0.4 is 0 Å².